The van der Waals surface area contributed by atoms with Gasteiger partial charge in [-0.2, -0.15) is 0 Å². The van der Waals surface area contributed by atoms with Gasteiger partial charge in [-0.25, -0.2) is 4.98 Å². The molecule has 1 amide bonds. The fraction of sp³-hybridized carbons (Fsp3) is 0.312. The third-order valence-electron chi connectivity index (χ3n) is 3.37. The number of hydrogen-bond acceptors (Lipinski definition) is 6. The van der Waals surface area contributed by atoms with Crippen LogP contribution in [-0.4, -0.2) is 40.3 Å². The molecular weight excluding hydrogens is 298 g/mol. The number of aromatic nitrogens is 2. The number of aromatic hydroxyl groups is 1. The molecule has 1 aromatic heterocycles. The van der Waals surface area contributed by atoms with Gasteiger partial charge in [0.1, 0.15) is 17.6 Å². The summed E-state index contributed by atoms with van der Waals surface area (Å²) in [5.41, 5.74) is 1.04. The molecule has 1 aliphatic heterocycles. The summed E-state index contributed by atoms with van der Waals surface area (Å²) in [5.74, 6) is 0.337. The van der Waals surface area contributed by atoms with Crippen LogP contribution in [0.1, 0.15) is 22.5 Å². The summed E-state index contributed by atoms with van der Waals surface area (Å²) in [4.78, 5) is 20.4. The number of aryl methyl sites for hydroxylation is 1. The van der Waals surface area contributed by atoms with E-state index in [9.17, 15) is 9.90 Å². The molecule has 7 nitrogen and oxygen atoms in total. The van der Waals surface area contributed by atoms with Gasteiger partial charge in [0.25, 0.3) is 5.91 Å². The van der Waals surface area contributed by atoms with E-state index in [4.69, 9.17) is 9.47 Å². The van der Waals surface area contributed by atoms with E-state index >= 15 is 0 Å². The fourth-order valence-corrected chi connectivity index (χ4v) is 2.23. The Labute approximate surface area is 133 Å². The molecule has 0 unspecified atom stereocenters. The Bertz CT molecular complexity index is 697. The molecule has 0 radical (unpaired) electrons. The number of rotatable bonds is 4. The summed E-state index contributed by atoms with van der Waals surface area (Å²) in [6, 6.07) is 4.42. The Morgan fingerprint density at radius 1 is 1.35 bits per heavy atom. The van der Waals surface area contributed by atoms with Crippen molar-refractivity contribution in [2.45, 2.75) is 19.4 Å². The molecular formula is C16H17N3O4. The molecule has 1 aromatic carbocycles. The van der Waals surface area contributed by atoms with Gasteiger partial charge in [0.15, 0.2) is 5.82 Å². The maximum atomic E-state index is 12.3. The summed E-state index contributed by atoms with van der Waals surface area (Å²) in [6.45, 7) is 2.98. The van der Waals surface area contributed by atoms with Gasteiger partial charge in [-0.15, -0.1) is 0 Å². The molecule has 1 atom stereocenters. The molecule has 2 N–H and O–H groups in total. The highest BCUT2D eigenvalue weighted by atomic mass is 16.5. The van der Waals surface area contributed by atoms with E-state index < -0.39 is 5.91 Å². The highest BCUT2D eigenvalue weighted by Crippen LogP contribution is 2.25. The second kappa shape index (κ2) is 6.62. The van der Waals surface area contributed by atoms with Crippen LogP contribution >= 0.6 is 0 Å². The lowest BCUT2D eigenvalue weighted by Crippen LogP contribution is -2.17. The van der Waals surface area contributed by atoms with Crippen LogP contribution in [0.5, 0.6) is 11.5 Å². The van der Waals surface area contributed by atoms with Gasteiger partial charge in [-0.1, -0.05) is 0 Å². The minimum absolute atomic E-state index is 0.0402. The second-order valence-corrected chi connectivity index (χ2v) is 5.32. The first-order valence-electron chi connectivity index (χ1n) is 7.28. The van der Waals surface area contributed by atoms with Gasteiger partial charge >= 0.3 is 0 Å². The molecule has 7 heteroatoms. The van der Waals surface area contributed by atoms with Crippen molar-refractivity contribution in [1.29, 1.82) is 0 Å². The zero-order valence-corrected chi connectivity index (χ0v) is 12.7. The summed E-state index contributed by atoms with van der Waals surface area (Å²) in [5, 5.41) is 12.4. The van der Waals surface area contributed by atoms with Crippen molar-refractivity contribution >= 4 is 11.7 Å². The highest BCUT2D eigenvalue weighted by Gasteiger charge is 2.18. The topological polar surface area (TPSA) is 93.6 Å². The summed E-state index contributed by atoms with van der Waals surface area (Å²) in [6.07, 6.45) is 3.77. The Morgan fingerprint density at radius 2 is 2.22 bits per heavy atom. The maximum absolute atomic E-state index is 12.3. The first-order chi connectivity index (χ1) is 11.1. The minimum atomic E-state index is -0.397. The predicted molar refractivity (Wildman–Crippen MR) is 82.7 cm³/mol. The number of carbonyl (C=O) groups is 1. The first kappa shape index (κ1) is 15.2. The number of phenolic OH excluding ortho intramolecular Hbond substituents is 1. The summed E-state index contributed by atoms with van der Waals surface area (Å²) >= 11 is 0. The normalized spacial score (nSPS) is 17.0. The second-order valence-electron chi connectivity index (χ2n) is 5.32. The predicted octanol–water partition coefficient (Wildman–Crippen LogP) is 1.91. The van der Waals surface area contributed by atoms with Crippen LogP contribution in [0, 0.1) is 6.92 Å². The molecule has 0 bridgehead atoms. The molecule has 23 heavy (non-hydrogen) atoms. The Kier molecular flexibility index (Phi) is 4.38. The first-order valence-corrected chi connectivity index (χ1v) is 7.28. The Balaban J connectivity index is 1.74. The van der Waals surface area contributed by atoms with Crippen LogP contribution in [0.2, 0.25) is 0 Å². The number of nitrogens with zero attached hydrogens (tertiary/aromatic N) is 2. The zero-order valence-electron chi connectivity index (χ0n) is 12.7. The average molecular weight is 315 g/mol. The molecule has 1 saturated heterocycles. The summed E-state index contributed by atoms with van der Waals surface area (Å²) in [7, 11) is 0. The van der Waals surface area contributed by atoms with E-state index in [0.717, 1.165) is 12.1 Å². The van der Waals surface area contributed by atoms with E-state index in [-0.39, 0.29) is 17.4 Å². The van der Waals surface area contributed by atoms with Gasteiger partial charge in [0, 0.05) is 18.1 Å². The highest BCUT2D eigenvalue weighted by molar-refractivity contribution is 6.04. The maximum Gasteiger partial charge on any atom is 0.257 e. The van der Waals surface area contributed by atoms with E-state index in [1.165, 1.54) is 18.3 Å². The van der Waals surface area contributed by atoms with Crippen molar-refractivity contribution in [2.24, 2.45) is 0 Å². The van der Waals surface area contributed by atoms with Crippen LogP contribution in [0.3, 0.4) is 0 Å². The molecule has 3 rings (SSSR count). The third kappa shape index (κ3) is 3.95. The van der Waals surface area contributed by atoms with Crippen LogP contribution in [0.15, 0.2) is 30.6 Å². The minimum Gasteiger partial charge on any atom is -0.508 e. The number of hydrogen-bond donors (Lipinski definition) is 2. The average Bonchev–Trinajstić information content (AvgIpc) is 3.02. The van der Waals surface area contributed by atoms with E-state index in [2.05, 4.69) is 15.3 Å². The smallest absolute Gasteiger partial charge is 0.257 e. The van der Waals surface area contributed by atoms with E-state index in [1.54, 1.807) is 12.3 Å². The summed E-state index contributed by atoms with van der Waals surface area (Å²) < 4.78 is 11.0. The Hall–Kier alpha value is -2.67. The van der Waals surface area contributed by atoms with Crippen molar-refractivity contribution in [2.75, 3.05) is 18.5 Å². The largest absolute Gasteiger partial charge is 0.508 e. The third-order valence-corrected chi connectivity index (χ3v) is 3.37. The molecule has 2 heterocycles. The molecule has 2 aromatic rings. The van der Waals surface area contributed by atoms with Crippen molar-refractivity contribution in [3.05, 3.63) is 41.9 Å². The molecule has 0 saturated carbocycles. The number of nitrogens with one attached hydrogen (secondary N) is 1. The van der Waals surface area contributed by atoms with E-state index in [1.807, 2.05) is 6.92 Å². The lowest BCUT2D eigenvalue weighted by atomic mass is 10.2. The number of carbonyl (C=O) groups excluding carboxylic acids is 1. The van der Waals surface area contributed by atoms with Crippen LogP contribution < -0.4 is 10.1 Å². The van der Waals surface area contributed by atoms with Gasteiger partial charge < -0.3 is 19.9 Å². The number of benzene rings is 1. The molecule has 1 fully saturated rings. The van der Waals surface area contributed by atoms with Crippen LogP contribution in [-0.2, 0) is 4.74 Å². The quantitative estimate of drug-likeness (QED) is 0.895. The lowest BCUT2D eigenvalue weighted by Gasteiger charge is -2.13. The van der Waals surface area contributed by atoms with Gasteiger partial charge in [0.2, 0.25) is 0 Å². The van der Waals surface area contributed by atoms with Gasteiger partial charge in [0.05, 0.1) is 31.3 Å². The van der Waals surface area contributed by atoms with Gasteiger partial charge in [-0.05, 0) is 19.1 Å². The number of ether oxygens (including phenoxy) is 2. The van der Waals surface area contributed by atoms with Crippen molar-refractivity contribution in [3.8, 4) is 11.5 Å². The standard InChI is InChI=1S/C16H17N3O4/c1-10-7-18-15(8-17-10)19-16(21)11-4-12(20)6-14(5-11)23-13-2-3-22-9-13/h4-8,13,20H,2-3,9H2,1H3,(H,18,19,21)/t13-/m0/s1. The monoisotopic (exact) mass is 315 g/mol. The SMILES string of the molecule is Cc1cnc(NC(=O)c2cc(O)cc(O[C@H]3CCOC3)c2)cn1. The lowest BCUT2D eigenvalue weighted by molar-refractivity contribution is 0.102. The van der Waals surface area contributed by atoms with Crippen LogP contribution in [0.25, 0.3) is 0 Å². The van der Waals surface area contributed by atoms with Crippen molar-refractivity contribution in [1.82, 2.24) is 9.97 Å². The molecule has 0 aliphatic carbocycles. The van der Waals surface area contributed by atoms with E-state index in [0.29, 0.717) is 24.8 Å². The molecule has 120 valence electrons. The number of phenols is 1. The van der Waals surface area contributed by atoms with Gasteiger partial charge in [-0.3, -0.25) is 9.78 Å². The van der Waals surface area contributed by atoms with Crippen molar-refractivity contribution in [3.63, 3.8) is 0 Å². The number of anilines is 1. The molecule has 0 spiro atoms. The molecule has 1 aliphatic rings. The Morgan fingerprint density at radius 3 is 2.91 bits per heavy atom. The zero-order chi connectivity index (χ0) is 16.2. The van der Waals surface area contributed by atoms with Crippen LogP contribution in [0.4, 0.5) is 5.82 Å². The number of amides is 1. The fourth-order valence-electron chi connectivity index (χ4n) is 2.23. The van der Waals surface area contributed by atoms with Crippen molar-refractivity contribution < 1.29 is 19.4 Å².